The van der Waals surface area contributed by atoms with Crippen LogP contribution in [0.3, 0.4) is 0 Å². The highest BCUT2D eigenvalue weighted by Crippen LogP contribution is 2.78. The number of aliphatic hydroxyl groups is 1. The molecular weight excluding hydrogens is 400 g/mol. The minimum Gasteiger partial charge on any atom is -0.469 e. The van der Waals surface area contributed by atoms with Crippen molar-refractivity contribution in [2.45, 2.75) is 82.2 Å². The molecule has 5 fully saturated rings. The fourth-order valence-electron chi connectivity index (χ4n) is 8.68. The number of esters is 2. The van der Waals surface area contributed by atoms with Crippen LogP contribution in [-0.2, 0) is 28.6 Å². The lowest BCUT2D eigenvalue weighted by Gasteiger charge is -2.58. The Hall–Kier alpha value is -1.73. The SMILES string of the molecule is COC(=O)C1CC2=CC(=O)CC[C@]2(C)[C@@]23O[C@@H]2C[C@@]2(C)C(CC[C@@]24CC(O)C(=O)O4)C13. The molecule has 4 unspecified atom stereocenters. The maximum Gasteiger partial charge on any atom is 0.335 e. The molecule has 2 aliphatic heterocycles. The molecule has 2 spiro atoms. The van der Waals surface area contributed by atoms with Crippen LogP contribution in [0, 0.1) is 28.6 Å². The predicted octanol–water partition coefficient (Wildman–Crippen LogP) is 2.10. The van der Waals surface area contributed by atoms with Crippen molar-refractivity contribution in [2.24, 2.45) is 28.6 Å². The number of aliphatic hydroxyl groups excluding tert-OH is 1. The van der Waals surface area contributed by atoms with E-state index in [0.29, 0.717) is 25.7 Å². The first kappa shape index (κ1) is 19.9. The number of carbonyl (C=O) groups excluding carboxylic acids is 3. The molecule has 0 amide bonds. The summed E-state index contributed by atoms with van der Waals surface area (Å²) >= 11 is 0. The first-order chi connectivity index (χ1) is 14.6. The minimum atomic E-state index is -1.08. The Kier molecular flexibility index (Phi) is 3.72. The van der Waals surface area contributed by atoms with Gasteiger partial charge < -0.3 is 19.3 Å². The lowest BCUT2D eigenvalue weighted by Crippen LogP contribution is -2.63. The zero-order valence-electron chi connectivity index (χ0n) is 18.3. The van der Waals surface area contributed by atoms with Crippen molar-refractivity contribution in [3.8, 4) is 0 Å². The molecule has 0 bridgehead atoms. The van der Waals surface area contributed by atoms with E-state index >= 15 is 0 Å². The molecule has 4 aliphatic carbocycles. The van der Waals surface area contributed by atoms with Crippen molar-refractivity contribution in [1.82, 2.24) is 0 Å². The molecule has 168 valence electrons. The molecule has 0 aromatic carbocycles. The number of methoxy groups -OCH3 is 1. The number of ketones is 1. The number of hydrogen-bond donors (Lipinski definition) is 1. The highest BCUT2D eigenvalue weighted by Gasteiger charge is 2.83. The summed E-state index contributed by atoms with van der Waals surface area (Å²) in [5.41, 5.74) is -0.801. The zero-order chi connectivity index (χ0) is 22.0. The molecular formula is C24H30O7. The summed E-state index contributed by atoms with van der Waals surface area (Å²) in [7, 11) is 1.42. The smallest absolute Gasteiger partial charge is 0.335 e. The van der Waals surface area contributed by atoms with Gasteiger partial charge in [0.15, 0.2) is 11.9 Å². The third kappa shape index (κ3) is 2.11. The van der Waals surface area contributed by atoms with Crippen molar-refractivity contribution < 1.29 is 33.7 Å². The van der Waals surface area contributed by atoms with E-state index in [1.54, 1.807) is 6.08 Å². The van der Waals surface area contributed by atoms with Crippen LogP contribution in [0.15, 0.2) is 11.6 Å². The van der Waals surface area contributed by atoms with Gasteiger partial charge in [-0.3, -0.25) is 9.59 Å². The number of carbonyl (C=O) groups is 3. The van der Waals surface area contributed by atoms with E-state index in [1.807, 2.05) is 0 Å². The van der Waals surface area contributed by atoms with E-state index in [0.717, 1.165) is 24.8 Å². The van der Waals surface area contributed by atoms with Gasteiger partial charge in [-0.15, -0.1) is 0 Å². The molecule has 7 nitrogen and oxygen atoms in total. The molecule has 0 aromatic heterocycles. The normalized spacial score (nSPS) is 54.3. The van der Waals surface area contributed by atoms with Crippen LogP contribution in [0.25, 0.3) is 0 Å². The quantitative estimate of drug-likeness (QED) is 0.502. The highest BCUT2D eigenvalue weighted by molar-refractivity contribution is 5.92. The lowest BCUT2D eigenvalue weighted by molar-refractivity contribution is -0.173. The average Bonchev–Trinajstić information content (AvgIpc) is 3.28. The Labute approximate surface area is 181 Å². The van der Waals surface area contributed by atoms with Crippen LogP contribution in [-0.4, -0.2) is 53.3 Å². The van der Waals surface area contributed by atoms with Crippen molar-refractivity contribution in [3.63, 3.8) is 0 Å². The van der Waals surface area contributed by atoms with Crippen LogP contribution in [0.2, 0.25) is 0 Å². The average molecular weight is 430 g/mol. The summed E-state index contributed by atoms with van der Waals surface area (Å²) in [6, 6.07) is 0. The topological polar surface area (TPSA) is 102 Å². The molecule has 2 heterocycles. The van der Waals surface area contributed by atoms with Crippen LogP contribution in [0.5, 0.6) is 0 Å². The van der Waals surface area contributed by atoms with Crippen molar-refractivity contribution in [3.05, 3.63) is 11.6 Å². The summed E-state index contributed by atoms with van der Waals surface area (Å²) in [5, 5.41) is 10.2. The van der Waals surface area contributed by atoms with Crippen LogP contribution in [0.1, 0.15) is 58.8 Å². The largest absolute Gasteiger partial charge is 0.469 e. The van der Waals surface area contributed by atoms with E-state index in [4.69, 9.17) is 14.2 Å². The number of ether oxygens (including phenoxy) is 3. The highest BCUT2D eigenvalue weighted by atomic mass is 16.6. The van der Waals surface area contributed by atoms with Crippen LogP contribution < -0.4 is 0 Å². The first-order valence-corrected chi connectivity index (χ1v) is 11.5. The van der Waals surface area contributed by atoms with Gasteiger partial charge in [0.25, 0.3) is 0 Å². The summed E-state index contributed by atoms with van der Waals surface area (Å²) in [6.07, 6.45) is 4.93. The Morgan fingerprint density at radius 2 is 2.00 bits per heavy atom. The second kappa shape index (κ2) is 5.79. The molecule has 0 radical (unpaired) electrons. The molecule has 6 aliphatic rings. The van der Waals surface area contributed by atoms with E-state index in [2.05, 4.69) is 13.8 Å². The molecule has 2 saturated heterocycles. The van der Waals surface area contributed by atoms with Crippen LogP contribution >= 0.6 is 0 Å². The van der Waals surface area contributed by atoms with Gasteiger partial charge in [0.05, 0.1) is 19.1 Å². The summed E-state index contributed by atoms with van der Waals surface area (Å²) in [5.74, 6) is -1.00. The maximum absolute atomic E-state index is 13.0. The van der Waals surface area contributed by atoms with Gasteiger partial charge >= 0.3 is 11.9 Å². The predicted molar refractivity (Wildman–Crippen MR) is 107 cm³/mol. The maximum atomic E-state index is 13.0. The van der Waals surface area contributed by atoms with Gasteiger partial charge in [-0.2, -0.15) is 0 Å². The van der Waals surface area contributed by atoms with E-state index < -0.39 is 23.3 Å². The Balaban J connectivity index is 1.48. The minimum absolute atomic E-state index is 0.0563. The van der Waals surface area contributed by atoms with Gasteiger partial charge in [-0.05, 0) is 44.1 Å². The molecule has 6 rings (SSSR count). The monoisotopic (exact) mass is 430 g/mol. The van der Waals surface area contributed by atoms with Crippen LogP contribution in [0.4, 0.5) is 0 Å². The van der Waals surface area contributed by atoms with Crippen molar-refractivity contribution in [2.75, 3.05) is 7.11 Å². The van der Waals surface area contributed by atoms with Gasteiger partial charge in [-0.25, -0.2) is 4.79 Å². The third-order valence-electron chi connectivity index (χ3n) is 10.3. The molecule has 3 saturated carbocycles. The summed E-state index contributed by atoms with van der Waals surface area (Å²) < 4.78 is 17.7. The van der Waals surface area contributed by atoms with Gasteiger partial charge in [0, 0.05) is 29.6 Å². The van der Waals surface area contributed by atoms with Gasteiger partial charge in [-0.1, -0.05) is 19.4 Å². The Morgan fingerprint density at radius 3 is 2.68 bits per heavy atom. The fourth-order valence-corrected chi connectivity index (χ4v) is 8.68. The first-order valence-electron chi connectivity index (χ1n) is 11.5. The van der Waals surface area contributed by atoms with E-state index in [1.165, 1.54) is 7.11 Å². The Morgan fingerprint density at radius 1 is 1.23 bits per heavy atom. The second-order valence-electron chi connectivity index (χ2n) is 11.1. The number of rotatable bonds is 1. The molecule has 9 atom stereocenters. The third-order valence-corrected chi connectivity index (χ3v) is 10.3. The van der Waals surface area contributed by atoms with E-state index in [9.17, 15) is 19.5 Å². The number of hydrogen-bond acceptors (Lipinski definition) is 7. The molecule has 1 N–H and O–H groups in total. The summed E-state index contributed by atoms with van der Waals surface area (Å²) in [6.45, 7) is 4.37. The Bertz CT molecular complexity index is 940. The fraction of sp³-hybridized carbons (Fsp3) is 0.792. The lowest BCUT2D eigenvalue weighted by atomic mass is 9.43. The second-order valence-corrected chi connectivity index (χ2v) is 11.1. The standard InChI is InChI=1S/C24H30O7/c1-21-6-4-13(25)8-12(21)9-14(19(27)29-3)18-15-5-7-23(10-16(26)20(28)31-23)22(15,2)11-17-24(18,21)30-17/h8,14-18,26H,4-7,9-11H2,1-3H3/t14?,15?,16?,17-,18?,21+,22+,23-,24-/m1/s1. The zero-order valence-corrected chi connectivity index (χ0v) is 18.3. The van der Waals surface area contributed by atoms with Gasteiger partial charge in [0.2, 0.25) is 0 Å². The molecule has 0 aromatic rings. The molecule has 31 heavy (non-hydrogen) atoms. The molecule has 7 heteroatoms. The van der Waals surface area contributed by atoms with Crippen molar-refractivity contribution in [1.29, 1.82) is 0 Å². The number of epoxide rings is 1. The summed E-state index contributed by atoms with van der Waals surface area (Å²) in [4.78, 5) is 37.5. The number of fused-ring (bicyclic) bond motifs is 4. The van der Waals surface area contributed by atoms with Crippen molar-refractivity contribution >= 4 is 17.7 Å². The van der Waals surface area contributed by atoms with E-state index in [-0.39, 0.29) is 46.4 Å². The van der Waals surface area contributed by atoms with Gasteiger partial charge in [0.1, 0.15) is 11.2 Å².